The summed E-state index contributed by atoms with van der Waals surface area (Å²) in [6.45, 7) is 0.217. The smallest absolute Gasteiger partial charge is 0.268 e. The number of rotatable bonds is 2. The van der Waals surface area contributed by atoms with Gasteiger partial charge in [-0.05, 0) is 29.7 Å². The van der Waals surface area contributed by atoms with Crippen molar-refractivity contribution in [2.24, 2.45) is 0 Å². The molecule has 2 heterocycles. The maximum Gasteiger partial charge on any atom is 0.268 e. The molecule has 0 bridgehead atoms. The molecule has 0 aliphatic rings. The minimum atomic E-state index is -0.367. The second kappa shape index (κ2) is 5.10. The normalized spacial score (nSPS) is 10.4. The Morgan fingerprint density at radius 3 is 2.76 bits per heavy atom. The number of benzene rings is 1. The molecular weight excluding hydrogens is 266 g/mol. The molecule has 1 aromatic carbocycles. The van der Waals surface area contributed by atoms with E-state index >= 15 is 0 Å². The number of pyridine rings is 2. The van der Waals surface area contributed by atoms with E-state index in [1.807, 2.05) is 24.3 Å². The van der Waals surface area contributed by atoms with Gasteiger partial charge in [0.25, 0.3) is 11.1 Å². The van der Waals surface area contributed by atoms with Crippen LogP contribution in [0.15, 0.2) is 58.3 Å². The lowest BCUT2D eigenvalue weighted by Gasteiger charge is -2.07. The van der Waals surface area contributed by atoms with Crippen molar-refractivity contribution in [2.75, 3.05) is 0 Å². The first-order valence-electron chi connectivity index (χ1n) is 6.39. The van der Waals surface area contributed by atoms with Crippen LogP contribution in [0.4, 0.5) is 0 Å². The van der Waals surface area contributed by atoms with E-state index in [9.17, 15) is 9.59 Å². The molecule has 3 rings (SSSR count). The third-order valence-electron chi connectivity index (χ3n) is 3.29. The van der Waals surface area contributed by atoms with Crippen LogP contribution in [-0.4, -0.2) is 9.55 Å². The zero-order valence-corrected chi connectivity index (χ0v) is 11.0. The van der Waals surface area contributed by atoms with Crippen molar-refractivity contribution < 1.29 is 0 Å². The predicted molar refractivity (Wildman–Crippen MR) is 79.1 cm³/mol. The van der Waals surface area contributed by atoms with Gasteiger partial charge in [0, 0.05) is 17.3 Å². The van der Waals surface area contributed by atoms with Gasteiger partial charge in [0.05, 0.1) is 6.54 Å². The van der Waals surface area contributed by atoms with Crippen molar-refractivity contribution in [1.29, 1.82) is 5.26 Å². The number of fused-ring (bicyclic) bond motifs is 1. The van der Waals surface area contributed by atoms with Crippen molar-refractivity contribution in [3.05, 3.63) is 80.6 Å². The highest BCUT2D eigenvalue weighted by Crippen LogP contribution is 2.10. The molecule has 21 heavy (non-hydrogen) atoms. The number of aromatic nitrogens is 2. The van der Waals surface area contributed by atoms with E-state index in [0.717, 1.165) is 5.39 Å². The second-order valence-corrected chi connectivity index (χ2v) is 4.68. The monoisotopic (exact) mass is 277 g/mol. The highest BCUT2D eigenvalue weighted by Gasteiger charge is 2.05. The van der Waals surface area contributed by atoms with Gasteiger partial charge in [-0.1, -0.05) is 18.2 Å². The highest BCUT2D eigenvalue weighted by molar-refractivity contribution is 5.81. The van der Waals surface area contributed by atoms with Gasteiger partial charge < -0.3 is 9.55 Å². The van der Waals surface area contributed by atoms with Crippen LogP contribution in [0.25, 0.3) is 10.8 Å². The molecule has 2 aromatic heterocycles. The summed E-state index contributed by atoms with van der Waals surface area (Å²) in [7, 11) is 0. The molecule has 1 N–H and O–H groups in total. The summed E-state index contributed by atoms with van der Waals surface area (Å²) in [5, 5.41) is 10.3. The highest BCUT2D eigenvalue weighted by atomic mass is 16.1. The lowest BCUT2D eigenvalue weighted by atomic mass is 10.1. The molecular formula is C16H11N3O2. The Labute approximate surface area is 119 Å². The second-order valence-electron chi connectivity index (χ2n) is 4.68. The van der Waals surface area contributed by atoms with Crippen LogP contribution in [0.5, 0.6) is 0 Å². The Bertz CT molecular complexity index is 977. The summed E-state index contributed by atoms with van der Waals surface area (Å²) >= 11 is 0. The SMILES string of the molecule is N#Cc1cccn(Cc2cc3ccccc3c(=O)[nH]2)c1=O. The summed E-state index contributed by atoms with van der Waals surface area (Å²) in [6.07, 6.45) is 1.59. The first-order valence-corrected chi connectivity index (χ1v) is 6.39. The van der Waals surface area contributed by atoms with Crippen LogP contribution in [0.2, 0.25) is 0 Å². The van der Waals surface area contributed by atoms with Crippen LogP contribution in [-0.2, 0) is 6.54 Å². The molecule has 0 aliphatic heterocycles. The minimum Gasteiger partial charge on any atom is -0.324 e. The number of hydrogen-bond donors (Lipinski definition) is 1. The Morgan fingerprint density at radius 2 is 1.95 bits per heavy atom. The van der Waals surface area contributed by atoms with Gasteiger partial charge >= 0.3 is 0 Å². The molecule has 3 aromatic rings. The molecule has 5 heteroatoms. The number of nitrogens with one attached hydrogen (secondary N) is 1. The van der Waals surface area contributed by atoms with E-state index in [0.29, 0.717) is 11.1 Å². The first kappa shape index (κ1) is 12.9. The van der Waals surface area contributed by atoms with E-state index in [2.05, 4.69) is 4.98 Å². The fourth-order valence-electron chi connectivity index (χ4n) is 2.28. The summed E-state index contributed by atoms with van der Waals surface area (Å²) in [6, 6.07) is 14.1. The molecule has 0 spiro atoms. The molecule has 0 radical (unpaired) electrons. The molecule has 0 saturated heterocycles. The van der Waals surface area contributed by atoms with Crippen molar-refractivity contribution in [3.8, 4) is 6.07 Å². The van der Waals surface area contributed by atoms with Crippen LogP contribution in [0.1, 0.15) is 11.3 Å². The maximum atomic E-state index is 12.0. The molecule has 102 valence electrons. The fraction of sp³-hybridized carbons (Fsp3) is 0.0625. The predicted octanol–water partition coefficient (Wildman–Crippen LogP) is 1.61. The minimum absolute atomic E-state index is 0.0839. The van der Waals surface area contributed by atoms with Crippen molar-refractivity contribution in [2.45, 2.75) is 6.54 Å². The van der Waals surface area contributed by atoms with Crippen LogP contribution in [0.3, 0.4) is 0 Å². The molecule has 0 amide bonds. The first-order chi connectivity index (χ1) is 10.2. The van der Waals surface area contributed by atoms with E-state index in [-0.39, 0.29) is 23.2 Å². The van der Waals surface area contributed by atoms with Crippen LogP contribution in [0, 0.1) is 11.3 Å². The Morgan fingerprint density at radius 1 is 1.14 bits per heavy atom. The van der Waals surface area contributed by atoms with Crippen LogP contribution < -0.4 is 11.1 Å². The van der Waals surface area contributed by atoms with Crippen molar-refractivity contribution in [1.82, 2.24) is 9.55 Å². The average molecular weight is 277 g/mol. The Balaban J connectivity index is 2.09. The topological polar surface area (TPSA) is 78.7 Å². The van der Waals surface area contributed by atoms with E-state index in [4.69, 9.17) is 5.26 Å². The standard InChI is InChI=1S/C16H11N3O2/c17-9-12-5-3-7-19(16(12)21)10-13-8-11-4-1-2-6-14(11)15(20)18-13/h1-8H,10H2,(H,18,20). The van der Waals surface area contributed by atoms with Crippen molar-refractivity contribution in [3.63, 3.8) is 0 Å². The quantitative estimate of drug-likeness (QED) is 0.773. The summed E-state index contributed by atoms with van der Waals surface area (Å²) < 4.78 is 1.40. The molecule has 5 nitrogen and oxygen atoms in total. The van der Waals surface area contributed by atoms with Gasteiger partial charge in [-0.3, -0.25) is 9.59 Å². The van der Waals surface area contributed by atoms with Gasteiger partial charge in [0.2, 0.25) is 0 Å². The summed E-state index contributed by atoms with van der Waals surface area (Å²) in [5.74, 6) is 0. The number of aromatic amines is 1. The van der Waals surface area contributed by atoms with Gasteiger partial charge in [-0.15, -0.1) is 0 Å². The molecule has 0 atom stereocenters. The van der Waals surface area contributed by atoms with Gasteiger partial charge in [-0.2, -0.15) is 5.26 Å². The number of H-pyrrole nitrogens is 1. The molecule has 0 unspecified atom stereocenters. The number of nitriles is 1. The van der Waals surface area contributed by atoms with Gasteiger partial charge in [-0.25, -0.2) is 0 Å². The summed E-state index contributed by atoms with van der Waals surface area (Å²) in [5.41, 5.74) is 0.151. The zero-order chi connectivity index (χ0) is 14.8. The Kier molecular flexibility index (Phi) is 3.13. The number of hydrogen-bond acceptors (Lipinski definition) is 3. The zero-order valence-electron chi connectivity index (χ0n) is 11.0. The van der Waals surface area contributed by atoms with Gasteiger partial charge in [0.15, 0.2) is 0 Å². The molecule has 0 aliphatic carbocycles. The van der Waals surface area contributed by atoms with E-state index in [1.165, 1.54) is 10.6 Å². The molecule has 0 fully saturated rings. The lowest BCUT2D eigenvalue weighted by Crippen LogP contribution is -2.23. The van der Waals surface area contributed by atoms with Gasteiger partial charge in [0.1, 0.15) is 11.6 Å². The van der Waals surface area contributed by atoms with E-state index in [1.54, 1.807) is 24.4 Å². The third-order valence-corrected chi connectivity index (χ3v) is 3.29. The van der Waals surface area contributed by atoms with Crippen LogP contribution >= 0.6 is 0 Å². The number of nitrogens with zero attached hydrogens (tertiary/aromatic N) is 2. The summed E-state index contributed by atoms with van der Waals surface area (Å²) in [4.78, 5) is 26.8. The molecule has 0 saturated carbocycles. The fourth-order valence-corrected chi connectivity index (χ4v) is 2.28. The van der Waals surface area contributed by atoms with Crippen molar-refractivity contribution >= 4 is 10.8 Å². The average Bonchev–Trinajstić information content (AvgIpc) is 2.49. The third kappa shape index (κ3) is 2.35. The maximum absolute atomic E-state index is 12.0. The largest absolute Gasteiger partial charge is 0.324 e. The lowest BCUT2D eigenvalue weighted by molar-refractivity contribution is 0.736. The Hall–Kier alpha value is -3.13. The van der Waals surface area contributed by atoms with E-state index < -0.39 is 0 Å².